The van der Waals surface area contributed by atoms with Gasteiger partial charge in [0.15, 0.2) is 0 Å². The van der Waals surface area contributed by atoms with Gasteiger partial charge in [-0.25, -0.2) is 0 Å². The normalized spacial score (nSPS) is 15.7. The second kappa shape index (κ2) is 9.58. The molecule has 0 aromatic heterocycles. The molecule has 0 saturated carbocycles. The molecule has 0 bridgehead atoms. The van der Waals surface area contributed by atoms with Crippen LogP contribution in [0.5, 0.6) is 0 Å². The molecule has 7 heteroatoms. The molecule has 0 fully saturated rings. The van der Waals surface area contributed by atoms with E-state index in [1.807, 2.05) is 74.8 Å². The van der Waals surface area contributed by atoms with Crippen LogP contribution in [-0.4, -0.2) is 42.1 Å². The Bertz CT molecular complexity index is 1230. The third-order valence-corrected chi connectivity index (χ3v) is 5.34. The van der Waals surface area contributed by atoms with E-state index >= 15 is 0 Å². The fourth-order valence-electron chi connectivity index (χ4n) is 3.74. The van der Waals surface area contributed by atoms with Crippen LogP contribution in [0.15, 0.2) is 83.9 Å². The number of aliphatic imine (C=N–C) groups is 1. The molecule has 0 saturated heterocycles. The molecule has 3 aromatic rings. The monoisotopic (exact) mass is 440 g/mol. The number of anilines is 1. The van der Waals surface area contributed by atoms with Crippen LogP contribution in [0.1, 0.15) is 22.6 Å². The van der Waals surface area contributed by atoms with Crippen LogP contribution in [0.4, 0.5) is 17.1 Å². The van der Waals surface area contributed by atoms with Crippen molar-refractivity contribution in [1.29, 1.82) is 0 Å². The first kappa shape index (κ1) is 22.1. The van der Waals surface area contributed by atoms with Crippen LogP contribution in [0, 0.1) is 10.1 Å². The van der Waals surface area contributed by atoms with Crippen molar-refractivity contribution in [3.05, 3.63) is 106 Å². The van der Waals surface area contributed by atoms with Gasteiger partial charge in [-0.2, -0.15) is 0 Å². The number of nitrogens with one attached hydrogen (secondary N) is 1. The van der Waals surface area contributed by atoms with Crippen LogP contribution in [0.25, 0.3) is 6.08 Å². The van der Waals surface area contributed by atoms with Crippen LogP contribution in [-0.2, 0) is 4.79 Å². The van der Waals surface area contributed by atoms with E-state index in [-0.39, 0.29) is 11.6 Å². The summed E-state index contributed by atoms with van der Waals surface area (Å²) < 4.78 is 0. The van der Waals surface area contributed by atoms with Crippen molar-refractivity contribution < 1.29 is 9.72 Å². The Morgan fingerprint density at radius 2 is 1.82 bits per heavy atom. The Kier molecular flexibility index (Phi) is 6.42. The summed E-state index contributed by atoms with van der Waals surface area (Å²) in [7, 11) is 4.03. The van der Waals surface area contributed by atoms with Crippen LogP contribution < -0.4 is 5.32 Å². The number of carbonyl (C=O) groups excluding carboxylic acids is 1. The molecule has 33 heavy (non-hydrogen) atoms. The molecule has 1 heterocycles. The average molecular weight is 441 g/mol. The molecule has 1 unspecified atom stereocenters. The summed E-state index contributed by atoms with van der Waals surface area (Å²) in [6.07, 6.45) is 4.13. The van der Waals surface area contributed by atoms with Crippen LogP contribution >= 0.6 is 0 Å². The van der Waals surface area contributed by atoms with Gasteiger partial charge in [0, 0.05) is 29.9 Å². The highest BCUT2D eigenvalue weighted by Gasteiger charge is 2.36. The molecule has 4 rings (SSSR count). The largest absolute Gasteiger partial charge is 0.325 e. The standard InChI is InChI=1S/C26H24N4O3/c1-29(2)16-6-7-18-10-12-20(13-11-18)27-25(19-8-4-3-5-9-19)24-22-17-21(30(32)33)14-15-23(22)28-26(24)31/h3-15,17,24H,16H2,1-2H3,(H,28,31). The number of carbonyl (C=O) groups is 1. The quantitative estimate of drug-likeness (QED) is 0.317. The zero-order valence-corrected chi connectivity index (χ0v) is 18.4. The Morgan fingerprint density at radius 3 is 2.48 bits per heavy atom. The molecule has 1 amide bonds. The van der Waals surface area contributed by atoms with E-state index in [9.17, 15) is 14.9 Å². The number of amides is 1. The highest BCUT2D eigenvalue weighted by Crippen LogP contribution is 2.38. The third-order valence-electron chi connectivity index (χ3n) is 5.34. The molecule has 1 N–H and O–H groups in total. The number of nitro groups is 1. The van der Waals surface area contributed by atoms with Crippen molar-refractivity contribution in [1.82, 2.24) is 4.90 Å². The summed E-state index contributed by atoms with van der Waals surface area (Å²) in [5.41, 5.74) is 4.15. The van der Waals surface area contributed by atoms with E-state index in [2.05, 4.69) is 16.3 Å². The average Bonchev–Trinajstić information content (AvgIpc) is 3.13. The molecule has 0 spiro atoms. The van der Waals surface area contributed by atoms with Gasteiger partial charge in [-0.1, -0.05) is 54.6 Å². The van der Waals surface area contributed by atoms with Crippen molar-refractivity contribution in [3.63, 3.8) is 0 Å². The fourth-order valence-corrected chi connectivity index (χ4v) is 3.74. The lowest BCUT2D eigenvalue weighted by molar-refractivity contribution is -0.384. The number of hydrogen-bond donors (Lipinski definition) is 1. The lowest BCUT2D eigenvalue weighted by Gasteiger charge is -2.14. The van der Waals surface area contributed by atoms with Crippen molar-refractivity contribution in [3.8, 4) is 0 Å². The molecule has 7 nitrogen and oxygen atoms in total. The molecule has 1 atom stereocenters. The highest BCUT2D eigenvalue weighted by atomic mass is 16.6. The highest BCUT2D eigenvalue weighted by molar-refractivity contribution is 6.24. The van der Waals surface area contributed by atoms with Gasteiger partial charge < -0.3 is 10.2 Å². The number of nitrogens with zero attached hydrogens (tertiary/aromatic N) is 3. The number of nitro benzene ring substituents is 1. The first-order valence-electron chi connectivity index (χ1n) is 10.6. The SMILES string of the molecule is CN(C)CC=Cc1ccc(N=C(c2ccccc2)C2C(=O)Nc3ccc([N+](=O)[O-])cc32)cc1. The second-order valence-corrected chi connectivity index (χ2v) is 8.07. The van der Waals surface area contributed by atoms with Gasteiger partial charge in [0.05, 0.1) is 16.3 Å². The van der Waals surface area contributed by atoms with Crippen molar-refractivity contribution >= 4 is 34.8 Å². The third kappa shape index (κ3) is 5.05. The van der Waals surface area contributed by atoms with Gasteiger partial charge in [0.2, 0.25) is 5.91 Å². The minimum absolute atomic E-state index is 0.0588. The van der Waals surface area contributed by atoms with Crippen LogP contribution in [0.2, 0.25) is 0 Å². The summed E-state index contributed by atoms with van der Waals surface area (Å²) in [6.45, 7) is 0.848. The van der Waals surface area contributed by atoms with Crippen molar-refractivity contribution in [2.75, 3.05) is 26.0 Å². The summed E-state index contributed by atoms with van der Waals surface area (Å²) in [5, 5.41) is 14.2. The molecule has 0 aliphatic carbocycles. The van der Waals surface area contributed by atoms with E-state index < -0.39 is 10.8 Å². The van der Waals surface area contributed by atoms with Gasteiger partial charge in [-0.15, -0.1) is 0 Å². The number of fused-ring (bicyclic) bond motifs is 1. The second-order valence-electron chi connectivity index (χ2n) is 8.07. The Labute approximate surface area is 192 Å². The molecule has 1 aliphatic rings. The number of hydrogen-bond acceptors (Lipinski definition) is 5. The molecule has 1 aliphatic heterocycles. The summed E-state index contributed by atoms with van der Waals surface area (Å²) in [4.78, 5) is 30.8. The van der Waals surface area contributed by atoms with E-state index in [1.165, 1.54) is 12.1 Å². The predicted octanol–water partition coefficient (Wildman–Crippen LogP) is 5.03. The Balaban J connectivity index is 1.75. The van der Waals surface area contributed by atoms with Crippen molar-refractivity contribution in [2.24, 2.45) is 4.99 Å². The Morgan fingerprint density at radius 1 is 1.09 bits per heavy atom. The summed E-state index contributed by atoms with van der Waals surface area (Å²) >= 11 is 0. The number of non-ortho nitro benzene ring substituents is 1. The van der Waals surface area contributed by atoms with Gasteiger partial charge in [-0.3, -0.25) is 19.9 Å². The van der Waals surface area contributed by atoms with Crippen molar-refractivity contribution in [2.45, 2.75) is 5.92 Å². The van der Waals surface area contributed by atoms with Gasteiger partial charge in [0.1, 0.15) is 5.92 Å². The number of likely N-dealkylation sites (N-methyl/N-ethyl adjacent to an activating group) is 1. The molecule has 0 radical (unpaired) electrons. The zero-order chi connectivity index (χ0) is 23.4. The van der Waals surface area contributed by atoms with Gasteiger partial charge in [-0.05, 0) is 43.4 Å². The van der Waals surface area contributed by atoms with Gasteiger partial charge >= 0.3 is 0 Å². The van der Waals surface area contributed by atoms with E-state index in [1.54, 1.807) is 6.07 Å². The molecule has 3 aromatic carbocycles. The topological polar surface area (TPSA) is 87.8 Å². The number of benzene rings is 3. The number of rotatable bonds is 7. The maximum atomic E-state index is 13.0. The van der Waals surface area contributed by atoms with Gasteiger partial charge in [0.25, 0.3) is 5.69 Å². The maximum absolute atomic E-state index is 13.0. The fraction of sp³-hybridized carbons (Fsp3) is 0.154. The lowest BCUT2D eigenvalue weighted by atomic mass is 9.90. The van der Waals surface area contributed by atoms with E-state index in [4.69, 9.17) is 4.99 Å². The van der Waals surface area contributed by atoms with E-state index in [0.29, 0.717) is 22.6 Å². The molecule has 166 valence electrons. The maximum Gasteiger partial charge on any atom is 0.269 e. The minimum Gasteiger partial charge on any atom is -0.325 e. The van der Waals surface area contributed by atoms with Crippen LogP contribution in [0.3, 0.4) is 0 Å². The zero-order valence-electron chi connectivity index (χ0n) is 18.4. The first-order valence-corrected chi connectivity index (χ1v) is 10.6. The summed E-state index contributed by atoms with van der Waals surface area (Å²) in [5.74, 6) is -1.00. The summed E-state index contributed by atoms with van der Waals surface area (Å²) in [6, 6.07) is 21.6. The van der Waals surface area contributed by atoms with E-state index in [0.717, 1.165) is 17.7 Å². The first-order chi connectivity index (χ1) is 15.9. The molecular formula is C26H24N4O3. The lowest BCUT2D eigenvalue weighted by Crippen LogP contribution is -2.22. The smallest absolute Gasteiger partial charge is 0.269 e. The predicted molar refractivity (Wildman–Crippen MR) is 131 cm³/mol. The minimum atomic E-state index is -0.748. The Hall–Kier alpha value is -4.10. The molecular weight excluding hydrogens is 416 g/mol.